The molecule has 0 fully saturated rings. The molecule has 0 radical (unpaired) electrons. The minimum absolute atomic E-state index is 0.0918. The Morgan fingerprint density at radius 3 is 2.54 bits per heavy atom. The van der Waals surface area contributed by atoms with Crippen LogP contribution in [-0.2, 0) is 4.79 Å². The molecular weight excluding hydrogens is 338 g/mol. The summed E-state index contributed by atoms with van der Waals surface area (Å²) in [4.78, 5) is 23.6. The lowest BCUT2D eigenvalue weighted by atomic mass is 10.2. The number of hydrazone groups is 1. The van der Waals surface area contributed by atoms with E-state index in [9.17, 15) is 14.7 Å². The van der Waals surface area contributed by atoms with Crippen LogP contribution in [0.5, 0.6) is 17.2 Å². The second-order valence-electron chi connectivity index (χ2n) is 5.11. The quantitative estimate of drug-likeness (QED) is 0.511. The molecular formula is C18H19N3O5. The molecule has 0 spiro atoms. The highest BCUT2D eigenvalue weighted by Crippen LogP contribution is 2.26. The second kappa shape index (κ2) is 9.07. The third-order valence-electron chi connectivity index (χ3n) is 3.37. The molecule has 2 rings (SSSR count). The molecule has 0 saturated carbocycles. The highest BCUT2D eigenvalue weighted by molar-refractivity contribution is 5.98. The van der Waals surface area contributed by atoms with Crippen LogP contribution in [0, 0.1) is 0 Å². The van der Waals surface area contributed by atoms with Crippen LogP contribution in [0.15, 0.2) is 47.6 Å². The monoisotopic (exact) mass is 357 g/mol. The Labute approximate surface area is 150 Å². The number of methoxy groups -OCH3 is 2. The third-order valence-corrected chi connectivity index (χ3v) is 3.37. The fourth-order valence-electron chi connectivity index (χ4n) is 2.07. The standard InChI is InChI=1S/C18H19N3O5/c1-25-15-8-7-12(9-16(15)26-2)10-20-21-17(23)11-19-18(24)13-5-3-4-6-14(13)22/h3-10,22H,11H2,1-2H3,(H,19,24)(H,21,23)/b20-10+. The van der Waals surface area contributed by atoms with Gasteiger partial charge < -0.3 is 19.9 Å². The number of carbonyl (C=O) groups excluding carboxylic acids is 2. The van der Waals surface area contributed by atoms with Crippen LogP contribution in [0.4, 0.5) is 0 Å². The van der Waals surface area contributed by atoms with Crippen LogP contribution < -0.4 is 20.2 Å². The molecule has 2 amide bonds. The first-order chi connectivity index (χ1) is 12.5. The predicted octanol–water partition coefficient (Wildman–Crippen LogP) is 1.29. The topological polar surface area (TPSA) is 109 Å². The Morgan fingerprint density at radius 1 is 1.12 bits per heavy atom. The molecule has 3 N–H and O–H groups in total. The number of hydrogen-bond donors (Lipinski definition) is 3. The number of amides is 2. The number of phenols is 1. The highest BCUT2D eigenvalue weighted by Gasteiger charge is 2.11. The molecule has 2 aromatic rings. The minimum Gasteiger partial charge on any atom is -0.507 e. The van der Waals surface area contributed by atoms with Crippen molar-refractivity contribution in [2.75, 3.05) is 20.8 Å². The minimum atomic E-state index is -0.554. The van der Waals surface area contributed by atoms with Crippen molar-refractivity contribution in [3.05, 3.63) is 53.6 Å². The van der Waals surface area contributed by atoms with Gasteiger partial charge in [0.05, 0.1) is 32.5 Å². The van der Waals surface area contributed by atoms with E-state index >= 15 is 0 Å². The molecule has 0 aliphatic heterocycles. The first-order valence-corrected chi connectivity index (χ1v) is 7.65. The predicted molar refractivity (Wildman–Crippen MR) is 95.7 cm³/mol. The molecule has 0 heterocycles. The van der Waals surface area contributed by atoms with Crippen molar-refractivity contribution < 1.29 is 24.2 Å². The van der Waals surface area contributed by atoms with Crippen LogP contribution in [0.25, 0.3) is 0 Å². The zero-order valence-electron chi connectivity index (χ0n) is 14.4. The Hall–Kier alpha value is -3.55. The maximum absolute atomic E-state index is 11.9. The average molecular weight is 357 g/mol. The van der Waals surface area contributed by atoms with E-state index in [1.54, 1.807) is 30.3 Å². The molecule has 0 atom stereocenters. The summed E-state index contributed by atoms with van der Waals surface area (Å²) in [5, 5.41) is 15.8. The lowest BCUT2D eigenvalue weighted by molar-refractivity contribution is -0.120. The number of para-hydroxylation sites is 1. The van der Waals surface area contributed by atoms with E-state index < -0.39 is 11.8 Å². The van der Waals surface area contributed by atoms with Crippen molar-refractivity contribution in [1.82, 2.24) is 10.7 Å². The van der Waals surface area contributed by atoms with Crippen molar-refractivity contribution >= 4 is 18.0 Å². The smallest absolute Gasteiger partial charge is 0.259 e. The highest BCUT2D eigenvalue weighted by atomic mass is 16.5. The molecule has 0 aliphatic carbocycles. The van der Waals surface area contributed by atoms with E-state index in [0.29, 0.717) is 17.1 Å². The van der Waals surface area contributed by atoms with Gasteiger partial charge in [-0.3, -0.25) is 9.59 Å². The van der Waals surface area contributed by atoms with E-state index in [1.165, 1.54) is 32.6 Å². The Bertz CT molecular complexity index is 820. The zero-order chi connectivity index (χ0) is 18.9. The first kappa shape index (κ1) is 18.8. The van der Waals surface area contributed by atoms with E-state index in [4.69, 9.17) is 9.47 Å². The summed E-state index contributed by atoms with van der Waals surface area (Å²) in [6.07, 6.45) is 1.44. The number of benzene rings is 2. The van der Waals surface area contributed by atoms with Crippen molar-refractivity contribution in [3.63, 3.8) is 0 Å². The molecule has 0 bridgehead atoms. The lowest BCUT2D eigenvalue weighted by Gasteiger charge is -2.07. The van der Waals surface area contributed by atoms with E-state index in [1.807, 2.05) is 0 Å². The fourth-order valence-corrected chi connectivity index (χ4v) is 2.07. The summed E-state index contributed by atoms with van der Waals surface area (Å²) in [6, 6.07) is 11.2. The number of hydrogen-bond acceptors (Lipinski definition) is 6. The molecule has 0 unspecified atom stereocenters. The van der Waals surface area contributed by atoms with Gasteiger partial charge >= 0.3 is 0 Å². The molecule has 26 heavy (non-hydrogen) atoms. The number of nitrogens with one attached hydrogen (secondary N) is 2. The number of ether oxygens (including phenoxy) is 2. The Balaban J connectivity index is 1.86. The molecule has 136 valence electrons. The van der Waals surface area contributed by atoms with E-state index in [-0.39, 0.29) is 17.9 Å². The number of rotatable bonds is 7. The molecule has 0 aromatic heterocycles. The van der Waals surface area contributed by atoms with Gasteiger partial charge in [0.25, 0.3) is 11.8 Å². The van der Waals surface area contributed by atoms with Gasteiger partial charge in [-0.15, -0.1) is 0 Å². The number of carbonyl (C=O) groups is 2. The van der Waals surface area contributed by atoms with Crippen molar-refractivity contribution in [3.8, 4) is 17.2 Å². The molecule has 8 nitrogen and oxygen atoms in total. The van der Waals surface area contributed by atoms with Gasteiger partial charge in [-0.1, -0.05) is 12.1 Å². The van der Waals surface area contributed by atoms with Gasteiger partial charge in [0.2, 0.25) is 0 Å². The van der Waals surface area contributed by atoms with Crippen molar-refractivity contribution in [2.45, 2.75) is 0 Å². The largest absolute Gasteiger partial charge is 0.507 e. The van der Waals surface area contributed by atoms with Crippen LogP contribution in [0.3, 0.4) is 0 Å². The van der Waals surface area contributed by atoms with Crippen LogP contribution in [-0.4, -0.2) is 43.9 Å². The van der Waals surface area contributed by atoms with Gasteiger partial charge in [0.1, 0.15) is 5.75 Å². The third kappa shape index (κ3) is 4.97. The van der Waals surface area contributed by atoms with Gasteiger partial charge in [0.15, 0.2) is 11.5 Å². The van der Waals surface area contributed by atoms with Crippen LogP contribution in [0.1, 0.15) is 15.9 Å². The summed E-state index contributed by atoms with van der Waals surface area (Å²) in [5.41, 5.74) is 3.09. The van der Waals surface area contributed by atoms with E-state index in [0.717, 1.165) is 0 Å². The normalized spacial score (nSPS) is 10.4. The maximum atomic E-state index is 11.9. The molecule has 8 heteroatoms. The SMILES string of the molecule is COc1ccc(/C=N/NC(=O)CNC(=O)c2ccccc2O)cc1OC. The zero-order valence-corrected chi connectivity index (χ0v) is 14.4. The number of aromatic hydroxyl groups is 1. The average Bonchev–Trinajstić information content (AvgIpc) is 2.66. The summed E-state index contributed by atoms with van der Waals surface area (Å²) >= 11 is 0. The van der Waals surface area contributed by atoms with Crippen molar-refractivity contribution in [1.29, 1.82) is 0 Å². The van der Waals surface area contributed by atoms with Crippen LogP contribution in [0.2, 0.25) is 0 Å². The first-order valence-electron chi connectivity index (χ1n) is 7.65. The van der Waals surface area contributed by atoms with Gasteiger partial charge in [-0.2, -0.15) is 5.10 Å². The Morgan fingerprint density at radius 2 is 1.85 bits per heavy atom. The number of nitrogens with zero attached hydrogens (tertiary/aromatic N) is 1. The summed E-state index contributed by atoms with van der Waals surface area (Å²) in [6.45, 7) is -0.281. The van der Waals surface area contributed by atoms with Gasteiger partial charge in [0, 0.05) is 0 Å². The molecule has 2 aromatic carbocycles. The molecule has 0 aliphatic rings. The maximum Gasteiger partial charge on any atom is 0.259 e. The number of phenolic OH excluding ortho intramolecular Hbond substituents is 1. The fraction of sp³-hybridized carbons (Fsp3) is 0.167. The van der Waals surface area contributed by atoms with E-state index in [2.05, 4.69) is 15.8 Å². The van der Waals surface area contributed by atoms with Crippen LogP contribution >= 0.6 is 0 Å². The van der Waals surface area contributed by atoms with Gasteiger partial charge in [-0.25, -0.2) is 5.43 Å². The summed E-state index contributed by atoms with van der Waals surface area (Å²) in [5.74, 6) is -0.0947. The molecule has 0 saturated heterocycles. The van der Waals surface area contributed by atoms with Crippen molar-refractivity contribution in [2.24, 2.45) is 5.10 Å². The second-order valence-corrected chi connectivity index (χ2v) is 5.11. The van der Waals surface area contributed by atoms with Gasteiger partial charge in [-0.05, 0) is 35.9 Å². The summed E-state index contributed by atoms with van der Waals surface area (Å²) in [7, 11) is 3.06. The Kier molecular flexibility index (Phi) is 6.55. The summed E-state index contributed by atoms with van der Waals surface area (Å²) < 4.78 is 10.3. The lowest BCUT2D eigenvalue weighted by Crippen LogP contribution is -2.34.